The lowest BCUT2D eigenvalue weighted by atomic mass is 10.1. The van der Waals surface area contributed by atoms with Gasteiger partial charge in [-0.25, -0.2) is 8.42 Å². The predicted octanol–water partition coefficient (Wildman–Crippen LogP) is 5.04. The Morgan fingerprint density at radius 3 is 2.27 bits per heavy atom. The van der Waals surface area contributed by atoms with E-state index in [1.54, 1.807) is 67.6 Å². The summed E-state index contributed by atoms with van der Waals surface area (Å²) < 4.78 is 34.2. The molecule has 3 aromatic rings. The van der Waals surface area contributed by atoms with E-state index in [1.165, 1.54) is 24.1 Å². The van der Waals surface area contributed by atoms with E-state index in [0.717, 1.165) is 9.87 Å². The smallest absolute Gasteiger partial charge is 0.264 e. The van der Waals surface area contributed by atoms with E-state index < -0.39 is 28.5 Å². The van der Waals surface area contributed by atoms with Gasteiger partial charge in [-0.1, -0.05) is 67.4 Å². The Balaban J connectivity index is 2.04. The molecule has 0 radical (unpaired) electrons. The van der Waals surface area contributed by atoms with Gasteiger partial charge in [0.05, 0.1) is 17.7 Å². The molecule has 0 spiro atoms. The van der Waals surface area contributed by atoms with Gasteiger partial charge in [0.2, 0.25) is 11.8 Å². The maximum Gasteiger partial charge on any atom is 0.264 e. The standard InChI is InChI=1S/C30H36ClN3O5S/c1-21(2)18-32-30(36)23(4)33(19-24-9-6-7-12-28(24)31)29(35)20-34(25-10-8-11-26(17-25)39-5)40(37,38)27-15-13-22(3)14-16-27/h6-17,21,23H,18-20H2,1-5H3,(H,32,36)/t23-/m0/s1. The van der Waals surface area contributed by atoms with Crippen LogP contribution >= 0.6 is 11.6 Å². The zero-order valence-electron chi connectivity index (χ0n) is 23.4. The van der Waals surface area contributed by atoms with Crippen molar-refractivity contribution in [2.24, 2.45) is 5.92 Å². The molecule has 0 aromatic heterocycles. The van der Waals surface area contributed by atoms with Crippen molar-refractivity contribution < 1.29 is 22.7 Å². The Hall–Kier alpha value is -3.56. The number of nitrogens with one attached hydrogen (secondary N) is 1. The number of aryl methyl sites for hydroxylation is 1. The summed E-state index contributed by atoms with van der Waals surface area (Å²) in [6, 6.07) is 19.0. The topological polar surface area (TPSA) is 96.0 Å². The quantitative estimate of drug-likeness (QED) is 0.321. The molecule has 0 saturated heterocycles. The van der Waals surface area contributed by atoms with Gasteiger partial charge in [-0.3, -0.25) is 13.9 Å². The van der Waals surface area contributed by atoms with Crippen LogP contribution in [0.4, 0.5) is 5.69 Å². The van der Waals surface area contributed by atoms with Crippen LogP contribution in [0.1, 0.15) is 31.9 Å². The van der Waals surface area contributed by atoms with Crippen LogP contribution in [0.25, 0.3) is 0 Å². The summed E-state index contributed by atoms with van der Waals surface area (Å²) in [4.78, 5) is 28.4. The molecule has 8 nitrogen and oxygen atoms in total. The van der Waals surface area contributed by atoms with Gasteiger partial charge in [-0.05, 0) is 55.7 Å². The second-order valence-corrected chi connectivity index (χ2v) is 12.2. The number of rotatable bonds is 12. The van der Waals surface area contributed by atoms with E-state index in [1.807, 2.05) is 20.8 Å². The summed E-state index contributed by atoms with van der Waals surface area (Å²) in [5.74, 6) is -0.260. The number of carbonyl (C=O) groups is 2. The number of amides is 2. The molecule has 2 amide bonds. The first-order chi connectivity index (χ1) is 18.9. The highest BCUT2D eigenvalue weighted by Crippen LogP contribution is 2.28. The van der Waals surface area contributed by atoms with E-state index >= 15 is 0 Å². The van der Waals surface area contributed by atoms with Crippen LogP contribution in [0, 0.1) is 12.8 Å². The van der Waals surface area contributed by atoms with Gasteiger partial charge >= 0.3 is 0 Å². The minimum atomic E-state index is -4.17. The molecule has 0 bridgehead atoms. The second kappa shape index (κ2) is 13.7. The molecule has 3 aromatic carbocycles. The SMILES string of the molecule is COc1cccc(N(CC(=O)N(Cc2ccccc2Cl)[C@@H](C)C(=O)NCC(C)C)S(=O)(=O)c2ccc(C)cc2)c1. The third-order valence-corrected chi connectivity index (χ3v) is 8.54. The monoisotopic (exact) mass is 585 g/mol. The van der Waals surface area contributed by atoms with Crippen molar-refractivity contribution in [2.75, 3.05) is 24.5 Å². The van der Waals surface area contributed by atoms with Crippen molar-refractivity contribution >= 4 is 39.1 Å². The molecule has 10 heteroatoms. The maximum absolute atomic E-state index is 14.0. The van der Waals surface area contributed by atoms with Crippen LogP contribution in [-0.4, -0.2) is 51.4 Å². The van der Waals surface area contributed by atoms with E-state index in [4.69, 9.17) is 16.3 Å². The minimum absolute atomic E-state index is 0.0191. The lowest BCUT2D eigenvalue weighted by Crippen LogP contribution is -2.51. The van der Waals surface area contributed by atoms with Gasteiger partial charge in [-0.15, -0.1) is 0 Å². The van der Waals surface area contributed by atoms with Gasteiger partial charge in [0.25, 0.3) is 10.0 Å². The van der Waals surface area contributed by atoms with E-state index in [9.17, 15) is 18.0 Å². The number of ether oxygens (including phenoxy) is 1. The molecule has 40 heavy (non-hydrogen) atoms. The van der Waals surface area contributed by atoms with Gasteiger partial charge in [0.15, 0.2) is 0 Å². The molecule has 0 fully saturated rings. The van der Waals surface area contributed by atoms with E-state index in [0.29, 0.717) is 22.9 Å². The largest absolute Gasteiger partial charge is 0.497 e. The minimum Gasteiger partial charge on any atom is -0.497 e. The number of anilines is 1. The number of sulfonamides is 1. The Morgan fingerprint density at radius 1 is 0.975 bits per heavy atom. The average molecular weight is 586 g/mol. The third-order valence-electron chi connectivity index (χ3n) is 6.38. The molecule has 0 saturated carbocycles. The summed E-state index contributed by atoms with van der Waals surface area (Å²) >= 11 is 6.40. The number of carbonyl (C=O) groups excluding carboxylic acids is 2. The Morgan fingerprint density at radius 2 is 1.65 bits per heavy atom. The maximum atomic E-state index is 14.0. The molecule has 0 heterocycles. The summed E-state index contributed by atoms with van der Waals surface area (Å²) in [7, 11) is -2.69. The van der Waals surface area contributed by atoms with E-state index in [2.05, 4.69) is 5.32 Å². The van der Waals surface area contributed by atoms with Crippen molar-refractivity contribution in [3.63, 3.8) is 0 Å². The summed E-state index contributed by atoms with van der Waals surface area (Å²) in [5.41, 5.74) is 1.79. The van der Waals surface area contributed by atoms with Crippen LogP contribution in [0.3, 0.4) is 0 Å². The average Bonchev–Trinajstić information content (AvgIpc) is 2.93. The van der Waals surface area contributed by atoms with Crippen LogP contribution < -0.4 is 14.4 Å². The Kier molecular flexibility index (Phi) is 10.6. The van der Waals surface area contributed by atoms with Crippen LogP contribution in [0.15, 0.2) is 77.7 Å². The molecule has 1 atom stereocenters. The number of hydrogen-bond donors (Lipinski definition) is 1. The van der Waals surface area contributed by atoms with Crippen molar-refractivity contribution in [3.05, 3.63) is 88.9 Å². The summed E-state index contributed by atoms with van der Waals surface area (Å²) in [6.07, 6.45) is 0. The molecule has 1 N–H and O–H groups in total. The number of methoxy groups -OCH3 is 1. The van der Waals surface area contributed by atoms with Gasteiger partial charge in [-0.2, -0.15) is 0 Å². The van der Waals surface area contributed by atoms with E-state index in [-0.39, 0.29) is 29.0 Å². The van der Waals surface area contributed by atoms with Gasteiger partial charge in [0.1, 0.15) is 18.3 Å². The molecule has 0 aliphatic carbocycles. The van der Waals surface area contributed by atoms with Crippen LogP contribution in [0.5, 0.6) is 5.75 Å². The van der Waals surface area contributed by atoms with Crippen molar-refractivity contribution in [1.29, 1.82) is 0 Å². The normalized spacial score (nSPS) is 12.1. The first-order valence-electron chi connectivity index (χ1n) is 13.0. The molecule has 0 unspecified atom stereocenters. The molecule has 214 valence electrons. The fourth-order valence-electron chi connectivity index (χ4n) is 3.98. The third kappa shape index (κ3) is 7.76. The first-order valence-corrected chi connectivity index (χ1v) is 14.8. The van der Waals surface area contributed by atoms with Crippen molar-refractivity contribution in [2.45, 2.75) is 45.2 Å². The number of halogens is 1. The Labute approximate surface area is 241 Å². The fourth-order valence-corrected chi connectivity index (χ4v) is 5.58. The van der Waals surface area contributed by atoms with Crippen LogP contribution in [-0.2, 0) is 26.2 Å². The van der Waals surface area contributed by atoms with Crippen LogP contribution in [0.2, 0.25) is 5.02 Å². The predicted molar refractivity (Wildman–Crippen MR) is 158 cm³/mol. The zero-order valence-corrected chi connectivity index (χ0v) is 25.0. The molecular weight excluding hydrogens is 550 g/mol. The molecule has 3 rings (SSSR count). The molecule has 0 aliphatic heterocycles. The number of nitrogens with zero attached hydrogens (tertiary/aromatic N) is 2. The van der Waals surface area contributed by atoms with Crippen molar-refractivity contribution in [3.8, 4) is 5.75 Å². The number of hydrogen-bond acceptors (Lipinski definition) is 5. The second-order valence-electron chi connectivity index (χ2n) is 9.95. The summed E-state index contributed by atoms with van der Waals surface area (Å²) in [6.45, 7) is 7.34. The highest BCUT2D eigenvalue weighted by Gasteiger charge is 2.33. The highest BCUT2D eigenvalue weighted by atomic mass is 35.5. The lowest BCUT2D eigenvalue weighted by molar-refractivity contribution is -0.139. The van der Waals surface area contributed by atoms with Crippen molar-refractivity contribution in [1.82, 2.24) is 10.2 Å². The molecular formula is C30H36ClN3O5S. The fraction of sp³-hybridized carbons (Fsp3) is 0.333. The Bertz CT molecular complexity index is 1430. The van der Waals surface area contributed by atoms with Gasteiger partial charge < -0.3 is 15.0 Å². The molecule has 0 aliphatic rings. The highest BCUT2D eigenvalue weighted by molar-refractivity contribution is 7.92. The number of benzene rings is 3. The van der Waals surface area contributed by atoms with Gasteiger partial charge in [0, 0.05) is 24.2 Å². The zero-order chi connectivity index (χ0) is 29.4. The summed E-state index contributed by atoms with van der Waals surface area (Å²) in [5, 5.41) is 3.30. The first kappa shape index (κ1) is 31.0. The lowest BCUT2D eigenvalue weighted by Gasteiger charge is -2.32.